The van der Waals surface area contributed by atoms with Crippen LogP contribution in [0.15, 0.2) is 28.7 Å². The summed E-state index contributed by atoms with van der Waals surface area (Å²) in [6.07, 6.45) is 1.15. The molecule has 102 valence electrons. The number of benzene rings is 1. The molecule has 0 spiro atoms. The molecular weight excluding hydrogens is 294 g/mol. The van der Waals surface area contributed by atoms with Gasteiger partial charge in [-0.3, -0.25) is 0 Å². The van der Waals surface area contributed by atoms with Gasteiger partial charge in [-0.05, 0) is 37.6 Å². The normalized spacial score (nSPS) is 12.4. The van der Waals surface area contributed by atoms with Crippen LogP contribution in [0.3, 0.4) is 0 Å². The van der Waals surface area contributed by atoms with Crippen LogP contribution in [0, 0.1) is 0 Å². The lowest BCUT2D eigenvalue weighted by Crippen LogP contribution is -2.29. The molecule has 1 aromatic rings. The fourth-order valence-electron chi connectivity index (χ4n) is 1.37. The fraction of sp³-hybridized carbons (Fsp3) is 0.571. The molecular formula is C14H22BrNO2. The predicted octanol–water partition coefficient (Wildman–Crippen LogP) is 3.23. The van der Waals surface area contributed by atoms with Crippen LogP contribution in [-0.2, 0) is 4.74 Å². The zero-order valence-electron chi connectivity index (χ0n) is 11.1. The van der Waals surface area contributed by atoms with E-state index in [4.69, 9.17) is 9.47 Å². The highest BCUT2D eigenvalue weighted by Gasteiger charge is 1.97. The van der Waals surface area contributed by atoms with Gasteiger partial charge in [0.25, 0.3) is 0 Å². The summed E-state index contributed by atoms with van der Waals surface area (Å²) in [6, 6.07) is 8.37. The van der Waals surface area contributed by atoms with Gasteiger partial charge in [-0.2, -0.15) is 0 Å². The van der Waals surface area contributed by atoms with Crippen molar-refractivity contribution in [3.63, 3.8) is 0 Å². The third-order valence-electron chi connectivity index (χ3n) is 2.66. The van der Waals surface area contributed by atoms with Gasteiger partial charge in [0, 0.05) is 17.1 Å². The Bertz CT molecular complexity index is 316. The van der Waals surface area contributed by atoms with E-state index in [0.29, 0.717) is 19.3 Å². The van der Waals surface area contributed by atoms with Gasteiger partial charge in [-0.25, -0.2) is 0 Å². The van der Waals surface area contributed by atoms with Crippen LogP contribution in [0.4, 0.5) is 0 Å². The van der Waals surface area contributed by atoms with E-state index in [9.17, 15) is 0 Å². The second-order valence-corrected chi connectivity index (χ2v) is 5.09. The lowest BCUT2D eigenvalue weighted by Gasteiger charge is -2.11. The summed E-state index contributed by atoms with van der Waals surface area (Å²) in [5.74, 6) is 0.875. The van der Waals surface area contributed by atoms with E-state index in [-0.39, 0.29) is 0 Å². The van der Waals surface area contributed by atoms with Gasteiger partial charge in [0.2, 0.25) is 0 Å². The molecule has 4 heteroatoms. The Morgan fingerprint density at radius 2 is 1.89 bits per heavy atom. The molecule has 1 N–H and O–H groups in total. The van der Waals surface area contributed by atoms with E-state index in [0.717, 1.165) is 29.8 Å². The van der Waals surface area contributed by atoms with Gasteiger partial charge < -0.3 is 14.8 Å². The quantitative estimate of drug-likeness (QED) is 0.710. The third kappa shape index (κ3) is 6.99. The van der Waals surface area contributed by atoms with Crippen LogP contribution < -0.4 is 10.1 Å². The van der Waals surface area contributed by atoms with Crippen molar-refractivity contribution >= 4 is 15.9 Å². The highest BCUT2D eigenvalue weighted by molar-refractivity contribution is 9.10. The first kappa shape index (κ1) is 15.5. The summed E-state index contributed by atoms with van der Waals surface area (Å²) >= 11 is 3.39. The first-order valence-electron chi connectivity index (χ1n) is 6.42. The van der Waals surface area contributed by atoms with E-state index in [1.54, 1.807) is 0 Å². The van der Waals surface area contributed by atoms with Crippen LogP contribution in [0.1, 0.15) is 20.3 Å². The highest BCUT2D eigenvalue weighted by atomic mass is 79.9. The number of hydrogen-bond donors (Lipinski definition) is 1. The lowest BCUT2D eigenvalue weighted by atomic mass is 10.3. The van der Waals surface area contributed by atoms with E-state index in [1.807, 2.05) is 24.3 Å². The zero-order valence-corrected chi connectivity index (χ0v) is 12.7. The molecule has 0 aliphatic rings. The average molecular weight is 316 g/mol. The molecule has 0 saturated carbocycles. The number of ether oxygens (including phenoxy) is 2. The number of nitrogens with one attached hydrogen (secondary N) is 1. The highest BCUT2D eigenvalue weighted by Crippen LogP contribution is 2.15. The third-order valence-corrected chi connectivity index (χ3v) is 3.19. The standard InChI is InChI=1S/C14H22BrNO2/c1-3-12(2)16-8-9-17-10-11-18-14-6-4-13(15)5-7-14/h4-7,12,16H,3,8-11H2,1-2H3/t12-/m0/s1. The minimum atomic E-state index is 0.563. The average Bonchev–Trinajstić information content (AvgIpc) is 2.39. The van der Waals surface area contributed by atoms with Gasteiger partial charge in [-0.1, -0.05) is 22.9 Å². The summed E-state index contributed by atoms with van der Waals surface area (Å²) in [4.78, 5) is 0. The molecule has 0 radical (unpaired) electrons. The maximum absolute atomic E-state index is 5.54. The first-order valence-corrected chi connectivity index (χ1v) is 7.21. The van der Waals surface area contributed by atoms with Gasteiger partial charge in [0.1, 0.15) is 12.4 Å². The molecule has 0 aliphatic carbocycles. The summed E-state index contributed by atoms with van der Waals surface area (Å²) in [5.41, 5.74) is 0. The van der Waals surface area contributed by atoms with Crippen molar-refractivity contribution < 1.29 is 9.47 Å². The maximum Gasteiger partial charge on any atom is 0.119 e. The molecule has 0 saturated heterocycles. The molecule has 0 aromatic heterocycles. The molecule has 0 amide bonds. The fourth-order valence-corrected chi connectivity index (χ4v) is 1.64. The Balaban J connectivity index is 1.97. The van der Waals surface area contributed by atoms with Gasteiger partial charge in [0.15, 0.2) is 0 Å². The van der Waals surface area contributed by atoms with Crippen molar-refractivity contribution in [3.8, 4) is 5.75 Å². The van der Waals surface area contributed by atoms with Crippen molar-refractivity contribution in [3.05, 3.63) is 28.7 Å². The van der Waals surface area contributed by atoms with E-state index >= 15 is 0 Å². The lowest BCUT2D eigenvalue weighted by molar-refractivity contribution is 0.100. The second-order valence-electron chi connectivity index (χ2n) is 4.18. The molecule has 0 aliphatic heterocycles. The molecule has 1 rings (SSSR count). The summed E-state index contributed by atoms with van der Waals surface area (Å²) in [6.45, 7) is 7.19. The van der Waals surface area contributed by atoms with E-state index in [2.05, 4.69) is 35.1 Å². The molecule has 0 unspecified atom stereocenters. The number of halogens is 1. The summed E-state index contributed by atoms with van der Waals surface area (Å²) in [5, 5.41) is 3.38. The minimum absolute atomic E-state index is 0.563. The number of hydrogen-bond acceptors (Lipinski definition) is 3. The van der Waals surface area contributed by atoms with Gasteiger partial charge in [0.05, 0.1) is 13.2 Å². The molecule has 1 aromatic carbocycles. The zero-order chi connectivity index (χ0) is 13.2. The van der Waals surface area contributed by atoms with Crippen molar-refractivity contribution in [2.24, 2.45) is 0 Å². The Morgan fingerprint density at radius 1 is 1.17 bits per heavy atom. The van der Waals surface area contributed by atoms with E-state index < -0.39 is 0 Å². The van der Waals surface area contributed by atoms with Gasteiger partial charge in [-0.15, -0.1) is 0 Å². The van der Waals surface area contributed by atoms with Crippen molar-refractivity contribution in [1.29, 1.82) is 0 Å². The minimum Gasteiger partial charge on any atom is -0.491 e. The van der Waals surface area contributed by atoms with Crippen LogP contribution in [-0.4, -0.2) is 32.4 Å². The summed E-state index contributed by atoms with van der Waals surface area (Å²) in [7, 11) is 0. The molecule has 18 heavy (non-hydrogen) atoms. The largest absolute Gasteiger partial charge is 0.491 e. The van der Waals surface area contributed by atoms with Crippen molar-refractivity contribution in [1.82, 2.24) is 5.32 Å². The molecule has 0 bridgehead atoms. The van der Waals surface area contributed by atoms with Crippen molar-refractivity contribution in [2.75, 3.05) is 26.4 Å². The summed E-state index contributed by atoms with van der Waals surface area (Å²) < 4.78 is 12.1. The Morgan fingerprint density at radius 3 is 2.56 bits per heavy atom. The molecule has 3 nitrogen and oxygen atoms in total. The molecule has 0 heterocycles. The number of rotatable bonds is 9. The predicted molar refractivity (Wildman–Crippen MR) is 78.2 cm³/mol. The first-order chi connectivity index (χ1) is 8.72. The molecule has 1 atom stereocenters. The Kier molecular flexibility index (Phi) is 8.05. The second kappa shape index (κ2) is 9.36. The van der Waals surface area contributed by atoms with E-state index in [1.165, 1.54) is 0 Å². The maximum atomic E-state index is 5.54. The topological polar surface area (TPSA) is 30.5 Å². The van der Waals surface area contributed by atoms with Gasteiger partial charge >= 0.3 is 0 Å². The van der Waals surface area contributed by atoms with Crippen molar-refractivity contribution in [2.45, 2.75) is 26.3 Å². The van der Waals surface area contributed by atoms with Crippen LogP contribution in [0.5, 0.6) is 5.75 Å². The monoisotopic (exact) mass is 315 g/mol. The van der Waals surface area contributed by atoms with Crippen LogP contribution in [0.25, 0.3) is 0 Å². The molecule has 0 fully saturated rings. The Hall–Kier alpha value is -0.580. The van der Waals surface area contributed by atoms with Crippen LogP contribution >= 0.6 is 15.9 Å². The Labute approximate surface area is 118 Å². The SMILES string of the molecule is CC[C@H](C)NCCOCCOc1ccc(Br)cc1. The van der Waals surface area contributed by atoms with Crippen LogP contribution in [0.2, 0.25) is 0 Å². The smallest absolute Gasteiger partial charge is 0.119 e.